The monoisotopic (exact) mass is 266 g/mol. The summed E-state index contributed by atoms with van der Waals surface area (Å²) >= 11 is 0. The van der Waals surface area contributed by atoms with Crippen LogP contribution in [-0.4, -0.2) is 18.4 Å². The molecule has 0 bridgehead atoms. The molecule has 0 amide bonds. The van der Waals surface area contributed by atoms with E-state index in [1.54, 1.807) is 13.0 Å². The van der Waals surface area contributed by atoms with E-state index in [2.05, 4.69) is 6.92 Å². The minimum atomic E-state index is -0.525. The molecule has 4 heteroatoms. The van der Waals surface area contributed by atoms with Crippen molar-refractivity contribution in [3.63, 3.8) is 0 Å². The first kappa shape index (κ1) is 15.5. The van der Waals surface area contributed by atoms with Gasteiger partial charge in [0.2, 0.25) is 11.5 Å². The van der Waals surface area contributed by atoms with Crippen LogP contribution in [0.5, 0.6) is 0 Å². The third kappa shape index (κ3) is 4.23. The molecule has 0 saturated carbocycles. The predicted molar refractivity (Wildman–Crippen MR) is 72.3 cm³/mol. The van der Waals surface area contributed by atoms with E-state index in [9.17, 15) is 9.59 Å². The Labute approximate surface area is 114 Å². The summed E-state index contributed by atoms with van der Waals surface area (Å²) in [6, 6.07) is 3.06. The van der Waals surface area contributed by atoms with Crippen molar-refractivity contribution in [1.82, 2.24) is 0 Å². The van der Waals surface area contributed by atoms with E-state index in [0.717, 1.165) is 25.7 Å². The summed E-state index contributed by atoms with van der Waals surface area (Å²) in [4.78, 5) is 23.7. The fourth-order valence-electron chi connectivity index (χ4n) is 1.95. The second-order valence-corrected chi connectivity index (χ2v) is 4.50. The zero-order valence-corrected chi connectivity index (χ0v) is 11.9. The van der Waals surface area contributed by atoms with Gasteiger partial charge >= 0.3 is 5.97 Å². The van der Waals surface area contributed by atoms with Gasteiger partial charge in [-0.2, -0.15) is 0 Å². The molecule has 1 rings (SSSR count). The first-order valence-electron chi connectivity index (χ1n) is 6.95. The minimum absolute atomic E-state index is 0.0218. The number of furan rings is 1. The maximum absolute atomic E-state index is 12.2. The molecule has 4 nitrogen and oxygen atoms in total. The number of hydrogen-bond acceptors (Lipinski definition) is 4. The number of Topliss-reactive ketones (excluding diaryl/α,β-unsaturated/α-hetero) is 1. The fourth-order valence-corrected chi connectivity index (χ4v) is 1.95. The van der Waals surface area contributed by atoms with Crippen LogP contribution in [0, 0.1) is 5.92 Å². The number of hydrogen-bond donors (Lipinski definition) is 0. The number of carbonyl (C=O) groups is 2. The molecule has 0 aliphatic carbocycles. The lowest BCUT2D eigenvalue weighted by molar-refractivity contribution is 0.0487. The van der Waals surface area contributed by atoms with Crippen molar-refractivity contribution in [3.8, 4) is 0 Å². The van der Waals surface area contributed by atoms with Crippen LogP contribution in [0.3, 0.4) is 0 Å². The van der Waals surface area contributed by atoms with Gasteiger partial charge in [-0.15, -0.1) is 0 Å². The zero-order chi connectivity index (χ0) is 14.3. The average molecular weight is 266 g/mol. The topological polar surface area (TPSA) is 56.5 Å². The van der Waals surface area contributed by atoms with E-state index in [1.807, 2.05) is 6.92 Å². The summed E-state index contributed by atoms with van der Waals surface area (Å²) in [5.41, 5.74) is 0. The van der Waals surface area contributed by atoms with Gasteiger partial charge in [0.15, 0.2) is 5.76 Å². The molecule has 0 N–H and O–H groups in total. The van der Waals surface area contributed by atoms with Gasteiger partial charge in [-0.1, -0.05) is 26.7 Å². The van der Waals surface area contributed by atoms with Gasteiger partial charge in [-0.05, 0) is 31.9 Å². The minimum Gasteiger partial charge on any atom is -0.460 e. The SMILES string of the molecule is CCCCC(CC)C(=O)c1ccc(C(=O)OCC)o1. The Balaban J connectivity index is 2.73. The predicted octanol–water partition coefficient (Wildman–Crippen LogP) is 3.86. The maximum Gasteiger partial charge on any atom is 0.374 e. The molecule has 1 aromatic rings. The molecule has 0 aliphatic heterocycles. The van der Waals surface area contributed by atoms with Crippen LogP contribution in [-0.2, 0) is 4.74 Å². The molecule has 0 radical (unpaired) electrons. The highest BCUT2D eigenvalue weighted by molar-refractivity contribution is 5.96. The van der Waals surface area contributed by atoms with Crippen LogP contribution in [0.2, 0.25) is 0 Å². The van der Waals surface area contributed by atoms with Crippen molar-refractivity contribution in [2.24, 2.45) is 5.92 Å². The number of esters is 1. The Morgan fingerprint density at radius 1 is 1.21 bits per heavy atom. The highest BCUT2D eigenvalue weighted by Crippen LogP contribution is 2.20. The van der Waals surface area contributed by atoms with Crippen LogP contribution in [0.15, 0.2) is 16.5 Å². The summed E-state index contributed by atoms with van der Waals surface area (Å²) in [6.07, 6.45) is 3.74. The highest BCUT2D eigenvalue weighted by atomic mass is 16.5. The normalized spacial score (nSPS) is 12.2. The largest absolute Gasteiger partial charge is 0.460 e. The van der Waals surface area contributed by atoms with Crippen LogP contribution in [0.25, 0.3) is 0 Å². The maximum atomic E-state index is 12.2. The molecular weight excluding hydrogens is 244 g/mol. The Hall–Kier alpha value is -1.58. The van der Waals surface area contributed by atoms with E-state index in [1.165, 1.54) is 6.07 Å². The third-order valence-electron chi connectivity index (χ3n) is 3.10. The van der Waals surface area contributed by atoms with Crippen molar-refractivity contribution in [3.05, 3.63) is 23.7 Å². The highest BCUT2D eigenvalue weighted by Gasteiger charge is 2.22. The lowest BCUT2D eigenvalue weighted by Gasteiger charge is -2.10. The standard InChI is InChI=1S/C15H22O4/c1-4-7-8-11(5-2)14(16)12-9-10-13(19-12)15(17)18-6-3/h9-11H,4-8H2,1-3H3. The molecule has 1 heterocycles. The fraction of sp³-hybridized carbons (Fsp3) is 0.600. The molecular formula is C15H22O4. The lowest BCUT2D eigenvalue weighted by Crippen LogP contribution is -2.13. The van der Waals surface area contributed by atoms with E-state index in [0.29, 0.717) is 0 Å². The van der Waals surface area contributed by atoms with E-state index < -0.39 is 5.97 Å². The summed E-state index contributed by atoms with van der Waals surface area (Å²) in [7, 11) is 0. The van der Waals surface area contributed by atoms with Gasteiger partial charge in [-0.25, -0.2) is 4.79 Å². The molecule has 106 valence electrons. The summed E-state index contributed by atoms with van der Waals surface area (Å²) in [5, 5.41) is 0. The van der Waals surface area contributed by atoms with Crippen LogP contribution in [0.1, 0.15) is 67.6 Å². The lowest BCUT2D eigenvalue weighted by atomic mass is 9.93. The first-order chi connectivity index (χ1) is 9.13. The van der Waals surface area contributed by atoms with Gasteiger partial charge in [0.1, 0.15) is 0 Å². The van der Waals surface area contributed by atoms with Crippen LogP contribution < -0.4 is 0 Å². The summed E-state index contributed by atoms with van der Waals surface area (Å²) < 4.78 is 10.1. The van der Waals surface area contributed by atoms with Gasteiger partial charge < -0.3 is 9.15 Å². The zero-order valence-electron chi connectivity index (χ0n) is 11.9. The smallest absolute Gasteiger partial charge is 0.374 e. The number of rotatable bonds is 8. The van der Waals surface area contributed by atoms with Crippen molar-refractivity contribution in [2.45, 2.75) is 46.5 Å². The van der Waals surface area contributed by atoms with Gasteiger partial charge in [-0.3, -0.25) is 4.79 Å². The third-order valence-corrected chi connectivity index (χ3v) is 3.10. The summed E-state index contributed by atoms with van der Waals surface area (Å²) in [5.74, 6) is -0.225. The van der Waals surface area contributed by atoms with E-state index in [-0.39, 0.29) is 29.8 Å². The van der Waals surface area contributed by atoms with Crippen molar-refractivity contribution < 1.29 is 18.7 Å². The molecule has 0 aromatic carbocycles. The molecule has 0 fully saturated rings. The van der Waals surface area contributed by atoms with E-state index in [4.69, 9.17) is 9.15 Å². The number of unbranched alkanes of at least 4 members (excludes halogenated alkanes) is 1. The van der Waals surface area contributed by atoms with E-state index >= 15 is 0 Å². The number of ether oxygens (including phenoxy) is 1. The second kappa shape index (κ2) is 7.77. The van der Waals surface area contributed by atoms with Gasteiger partial charge in [0, 0.05) is 5.92 Å². The van der Waals surface area contributed by atoms with Crippen LogP contribution in [0.4, 0.5) is 0 Å². The Morgan fingerprint density at radius 2 is 1.89 bits per heavy atom. The van der Waals surface area contributed by atoms with Gasteiger partial charge in [0.25, 0.3) is 0 Å². The average Bonchev–Trinajstić information content (AvgIpc) is 2.89. The molecule has 19 heavy (non-hydrogen) atoms. The van der Waals surface area contributed by atoms with Crippen molar-refractivity contribution in [2.75, 3.05) is 6.61 Å². The van der Waals surface area contributed by atoms with Gasteiger partial charge in [0.05, 0.1) is 6.61 Å². The molecule has 1 atom stereocenters. The first-order valence-corrected chi connectivity index (χ1v) is 6.95. The Bertz CT molecular complexity index is 420. The molecule has 0 aliphatic rings. The number of ketones is 1. The Kier molecular flexibility index (Phi) is 6.33. The molecule has 1 aromatic heterocycles. The summed E-state index contributed by atoms with van der Waals surface area (Å²) in [6.45, 7) is 6.11. The molecule has 1 unspecified atom stereocenters. The second-order valence-electron chi connectivity index (χ2n) is 4.50. The van der Waals surface area contributed by atoms with Crippen molar-refractivity contribution >= 4 is 11.8 Å². The van der Waals surface area contributed by atoms with Crippen LogP contribution >= 0.6 is 0 Å². The number of carbonyl (C=O) groups excluding carboxylic acids is 2. The molecule has 0 saturated heterocycles. The molecule has 0 spiro atoms. The Morgan fingerprint density at radius 3 is 2.47 bits per heavy atom. The van der Waals surface area contributed by atoms with Crippen molar-refractivity contribution in [1.29, 1.82) is 0 Å². The quantitative estimate of drug-likeness (QED) is 0.529.